The van der Waals surface area contributed by atoms with E-state index in [2.05, 4.69) is 15.3 Å². The van der Waals surface area contributed by atoms with E-state index in [0.717, 1.165) is 39.0 Å². The van der Waals surface area contributed by atoms with Gasteiger partial charge >= 0.3 is 0 Å². The molecule has 0 saturated carbocycles. The van der Waals surface area contributed by atoms with Crippen LogP contribution < -0.4 is 5.32 Å². The van der Waals surface area contributed by atoms with Crippen LogP contribution >= 0.6 is 23.1 Å². The summed E-state index contributed by atoms with van der Waals surface area (Å²) in [7, 11) is 0. The van der Waals surface area contributed by atoms with Gasteiger partial charge in [-0.1, -0.05) is 48.6 Å². The average molecular weight is 454 g/mol. The van der Waals surface area contributed by atoms with Gasteiger partial charge in [0, 0.05) is 17.5 Å². The maximum Gasteiger partial charge on any atom is 0.230 e. The number of carbonyl (C=O) groups excluding carboxylic acids is 1. The van der Waals surface area contributed by atoms with Crippen LogP contribution in [0.5, 0.6) is 0 Å². The lowest BCUT2D eigenvalue weighted by atomic mass is 10.1. The molecular weight excluding hydrogens is 430 g/mol. The topological polar surface area (TPSA) is 81.2 Å². The number of amides is 1. The van der Waals surface area contributed by atoms with Gasteiger partial charge in [0.25, 0.3) is 0 Å². The Morgan fingerprint density at radius 3 is 2.74 bits per heavy atom. The molecule has 0 fully saturated rings. The van der Waals surface area contributed by atoms with Gasteiger partial charge in [0.05, 0.1) is 28.3 Å². The maximum atomic E-state index is 12.6. The van der Waals surface area contributed by atoms with E-state index in [1.807, 2.05) is 57.2 Å². The van der Waals surface area contributed by atoms with Gasteiger partial charge in [-0.25, -0.2) is 9.97 Å². The van der Waals surface area contributed by atoms with Crippen molar-refractivity contribution in [1.82, 2.24) is 9.97 Å². The number of thiazole rings is 1. The standard InChI is InChI=1S/C23H23N3O3S2/c1-4-18-12-24-22(29-18)15(3)30-21-13-25-23(31-21)26-20(27)11-17-10-19(28-14(17)2)16-8-6-5-7-9-16/h5-10,12-13,15H,4,11H2,1-3H3,(H,25,26,27). The highest BCUT2D eigenvalue weighted by atomic mass is 32.2. The zero-order chi connectivity index (χ0) is 21.8. The first kappa shape index (κ1) is 21.4. The van der Waals surface area contributed by atoms with E-state index >= 15 is 0 Å². The first-order valence-corrected chi connectivity index (χ1v) is 11.7. The number of hydrogen-bond acceptors (Lipinski definition) is 7. The smallest absolute Gasteiger partial charge is 0.230 e. The van der Waals surface area contributed by atoms with Crippen molar-refractivity contribution in [2.75, 3.05) is 5.32 Å². The number of carbonyl (C=O) groups is 1. The quantitative estimate of drug-likeness (QED) is 0.316. The van der Waals surface area contributed by atoms with Crippen molar-refractivity contribution in [2.45, 2.75) is 43.1 Å². The predicted octanol–water partition coefficient (Wildman–Crippen LogP) is 6.30. The van der Waals surface area contributed by atoms with Crippen LogP contribution in [-0.2, 0) is 17.6 Å². The third kappa shape index (κ3) is 5.26. The van der Waals surface area contributed by atoms with E-state index in [-0.39, 0.29) is 17.6 Å². The molecule has 1 unspecified atom stereocenters. The fourth-order valence-corrected chi connectivity index (χ4v) is 5.15. The second-order valence-corrected chi connectivity index (χ2v) is 9.72. The van der Waals surface area contributed by atoms with Gasteiger partial charge in [0.15, 0.2) is 5.13 Å². The van der Waals surface area contributed by atoms with Crippen molar-refractivity contribution in [2.24, 2.45) is 0 Å². The van der Waals surface area contributed by atoms with Crippen molar-refractivity contribution in [1.29, 1.82) is 0 Å². The lowest BCUT2D eigenvalue weighted by Gasteiger charge is -2.04. The molecule has 0 aliphatic rings. The molecule has 1 atom stereocenters. The highest BCUT2D eigenvalue weighted by Gasteiger charge is 2.17. The average Bonchev–Trinajstić information content (AvgIpc) is 3.50. The third-order valence-electron chi connectivity index (χ3n) is 4.72. The Morgan fingerprint density at radius 1 is 1.19 bits per heavy atom. The van der Waals surface area contributed by atoms with Crippen molar-refractivity contribution >= 4 is 34.1 Å². The molecule has 0 saturated heterocycles. The SMILES string of the molecule is CCc1cnc(C(C)Sc2cnc(NC(=O)Cc3cc(-c4ccccc4)oc3C)s2)o1. The summed E-state index contributed by atoms with van der Waals surface area (Å²) in [6.07, 6.45) is 4.59. The molecule has 0 radical (unpaired) electrons. The van der Waals surface area contributed by atoms with E-state index in [1.54, 1.807) is 24.2 Å². The van der Waals surface area contributed by atoms with Gasteiger partial charge in [-0.05, 0) is 19.9 Å². The molecule has 0 aliphatic heterocycles. The number of hydrogen-bond donors (Lipinski definition) is 1. The van der Waals surface area contributed by atoms with Crippen molar-refractivity contribution < 1.29 is 13.6 Å². The van der Waals surface area contributed by atoms with E-state index in [4.69, 9.17) is 8.83 Å². The Kier molecular flexibility index (Phi) is 6.58. The lowest BCUT2D eigenvalue weighted by molar-refractivity contribution is -0.115. The van der Waals surface area contributed by atoms with Crippen LogP contribution in [0.25, 0.3) is 11.3 Å². The van der Waals surface area contributed by atoms with E-state index in [1.165, 1.54) is 11.3 Å². The van der Waals surface area contributed by atoms with E-state index in [9.17, 15) is 4.79 Å². The fourth-order valence-electron chi connectivity index (χ4n) is 3.05. The predicted molar refractivity (Wildman–Crippen MR) is 123 cm³/mol. The molecule has 1 amide bonds. The zero-order valence-corrected chi connectivity index (χ0v) is 19.2. The number of nitrogens with zero attached hydrogens (tertiary/aromatic N) is 2. The second-order valence-electron chi connectivity index (χ2n) is 7.05. The van der Waals surface area contributed by atoms with Crippen LogP contribution in [-0.4, -0.2) is 15.9 Å². The molecule has 3 aromatic heterocycles. The summed E-state index contributed by atoms with van der Waals surface area (Å²) in [4.78, 5) is 21.2. The molecule has 0 bridgehead atoms. The van der Waals surface area contributed by atoms with Gasteiger partial charge in [-0.2, -0.15) is 0 Å². The van der Waals surface area contributed by atoms with E-state index < -0.39 is 0 Å². The first-order valence-electron chi connectivity index (χ1n) is 10.0. The number of rotatable bonds is 8. The Labute approximate surface area is 189 Å². The summed E-state index contributed by atoms with van der Waals surface area (Å²) in [6, 6.07) is 11.8. The summed E-state index contributed by atoms with van der Waals surface area (Å²) in [5.74, 6) is 2.97. The van der Waals surface area contributed by atoms with Gasteiger partial charge in [-0.3, -0.25) is 4.79 Å². The normalized spacial score (nSPS) is 12.1. The third-order valence-corrected chi connectivity index (χ3v) is 6.86. The summed E-state index contributed by atoms with van der Waals surface area (Å²) < 4.78 is 12.6. The van der Waals surface area contributed by atoms with Gasteiger partial charge in [-0.15, -0.1) is 11.8 Å². The highest BCUT2D eigenvalue weighted by Crippen LogP contribution is 2.38. The fraction of sp³-hybridized carbons (Fsp3) is 0.261. The van der Waals surface area contributed by atoms with Crippen LogP contribution in [0.4, 0.5) is 5.13 Å². The number of thioether (sulfide) groups is 1. The highest BCUT2D eigenvalue weighted by molar-refractivity contribution is 8.01. The number of furan rings is 1. The zero-order valence-electron chi connectivity index (χ0n) is 17.5. The number of aromatic nitrogens is 2. The van der Waals surface area contributed by atoms with E-state index in [0.29, 0.717) is 11.0 Å². The van der Waals surface area contributed by atoms with Crippen LogP contribution in [0, 0.1) is 6.92 Å². The Bertz CT molecular complexity index is 1160. The van der Waals surface area contributed by atoms with Gasteiger partial charge in [0.2, 0.25) is 11.8 Å². The molecule has 0 aliphatic carbocycles. The molecule has 160 valence electrons. The number of nitrogens with one attached hydrogen (secondary N) is 1. The number of anilines is 1. The Morgan fingerprint density at radius 2 is 2.00 bits per heavy atom. The summed E-state index contributed by atoms with van der Waals surface area (Å²) >= 11 is 3.05. The second kappa shape index (κ2) is 9.53. The number of aryl methyl sites for hydroxylation is 2. The van der Waals surface area contributed by atoms with Crippen LogP contribution in [0.1, 0.15) is 42.1 Å². The number of oxazole rings is 1. The van der Waals surface area contributed by atoms with Crippen LogP contribution in [0.3, 0.4) is 0 Å². The maximum absolute atomic E-state index is 12.6. The van der Waals surface area contributed by atoms with Crippen LogP contribution in [0.15, 0.2) is 61.8 Å². The Balaban J connectivity index is 1.35. The minimum atomic E-state index is -0.122. The number of benzene rings is 1. The molecule has 3 heterocycles. The first-order chi connectivity index (χ1) is 15.0. The molecule has 8 heteroatoms. The van der Waals surface area contributed by atoms with Crippen molar-refractivity contribution in [3.63, 3.8) is 0 Å². The van der Waals surface area contributed by atoms with Gasteiger partial charge < -0.3 is 14.2 Å². The lowest BCUT2D eigenvalue weighted by Crippen LogP contribution is -2.14. The van der Waals surface area contributed by atoms with Crippen molar-refractivity contribution in [3.05, 3.63) is 71.8 Å². The largest absolute Gasteiger partial charge is 0.461 e. The van der Waals surface area contributed by atoms with Crippen molar-refractivity contribution in [3.8, 4) is 11.3 Å². The summed E-state index contributed by atoms with van der Waals surface area (Å²) in [6.45, 7) is 5.95. The summed E-state index contributed by atoms with van der Waals surface area (Å²) in [5.41, 5.74) is 1.86. The molecule has 1 aromatic carbocycles. The molecule has 31 heavy (non-hydrogen) atoms. The molecule has 0 spiro atoms. The minimum absolute atomic E-state index is 0.0642. The Hall–Kier alpha value is -2.84. The molecule has 6 nitrogen and oxygen atoms in total. The molecular formula is C23H23N3O3S2. The molecule has 1 N–H and O–H groups in total. The summed E-state index contributed by atoms with van der Waals surface area (Å²) in [5, 5.41) is 3.53. The monoisotopic (exact) mass is 453 g/mol. The minimum Gasteiger partial charge on any atom is -0.461 e. The molecule has 4 rings (SSSR count). The van der Waals surface area contributed by atoms with Crippen LogP contribution in [0.2, 0.25) is 0 Å². The molecule has 4 aromatic rings. The van der Waals surface area contributed by atoms with Gasteiger partial charge in [0.1, 0.15) is 17.3 Å².